The van der Waals surface area contributed by atoms with Crippen molar-refractivity contribution in [1.82, 2.24) is 10.2 Å². The molecule has 1 heterocycles. The molecule has 0 radical (unpaired) electrons. The van der Waals surface area contributed by atoms with Gasteiger partial charge in [0.15, 0.2) is 0 Å². The Kier molecular flexibility index (Phi) is 5.31. The van der Waals surface area contributed by atoms with Crippen LogP contribution in [0.5, 0.6) is 0 Å². The molecule has 1 atom stereocenters. The molecule has 1 unspecified atom stereocenters. The van der Waals surface area contributed by atoms with E-state index in [1.165, 1.54) is 19.4 Å². The van der Waals surface area contributed by atoms with Crippen LogP contribution in [0.15, 0.2) is 0 Å². The Morgan fingerprint density at radius 2 is 2.06 bits per heavy atom. The average molecular weight is 222 g/mol. The standard InChI is InChI=1S/C14H26N2/c1-5-8-9-10-16-12-14(6-2,7-3)15-11-13(16)4/h13,15H,6-7,9-12H2,1-4H3. The Morgan fingerprint density at radius 1 is 1.38 bits per heavy atom. The second-order valence-corrected chi connectivity index (χ2v) is 4.86. The van der Waals surface area contributed by atoms with E-state index in [9.17, 15) is 0 Å². The number of piperazine rings is 1. The molecule has 0 aromatic rings. The van der Waals surface area contributed by atoms with Crippen LogP contribution in [-0.4, -0.2) is 36.1 Å². The quantitative estimate of drug-likeness (QED) is 0.734. The van der Waals surface area contributed by atoms with E-state index in [1.54, 1.807) is 0 Å². The van der Waals surface area contributed by atoms with E-state index >= 15 is 0 Å². The highest BCUT2D eigenvalue weighted by Crippen LogP contribution is 2.22. The first kappa shape index (κ1) is 13.5. The molecule has 2 nitrogen and oxygen atoms in total. The van der Waals surface area contributed by atoms with Crippen molar-refractivity contribution in [2.75, 3.05) is 19.6 Å². The highest BCUT2D eigenvalue weighted by molar-refractivity contribution is 4.99. The minimum atomic E-state index is 0.339. The van der Waals surface area contributed by atoms with Gasteiger partial charge >= 0.3 is 0 Å². The number of nitrogens with zero attached hydrogens (tertiary/aromatic N) is 1. The van der Waals surface area contributed by atoms with Crippen molar-refractivity contribution in [2.45, 2.75) is 58.5 Å². The Labute approximate surface area is 101 Å². The first-order valence-electron chi connectivity index (χ1n) is 6.56. The van der Waals surface area contributed by atoms with Crippen LogP contribution in [0.4, 0.5) is 0 Å². The summed E-state index contributed by atoms with van der Waals surface area (Å²) in [5.74, 6) is 6.15. The minimum Gasteiger partial charge on any atom is -0.308 e. The Hall–Kier alpha value is -0.520. The summed E-state index contributed by atoms with van der Waals surface area (Å²) in [6.45, 7) is 12.2. The van der Waals surface area contributed by atoms with Crippen molar-refractivity contribution in [2.24, 2.45) is 0 Å². The molecular weight excluding hydrogens is 196 g/mol. The molecule has 1 rings (SSSR count). The van der Waals surface area contributed by atoms with Crippen LogP contribution in [0.3, 0.4) is 0 Å². The third-order valence-electron chi connectivity index (χ3n) is 3.96. The van der Waals surface area contributed by atoms with Gasteiger partial charge in [-0.05, 0) is 26.7 Å². The normalized spacial score (nSPS) is 24.9. The smallest absolute Gasteiger partial charge is 0.0304 e. The monoisotopic (exact) mass is 222 g/mol. The third-order valence-corrected chi connectivity index (χ3v) is 3.96. The second-order valence-electron chi connectivity index (χ2n) is 4.86. The molecule has 16 heavy (non-hydrogen) atoms. The zero-order chi connectivity index (χ0) is 12.0. The summed E-state index contributed by atoms with van der Waals surface area (Å²) in [6, 6.07) is 0.643. The van der Waals surface area contributed by atoms with Crippen molar-refractivity contribution < 1.29 is 0 Å². The lowest BCUT2D eigenvalue weighted by Gasteiger charge is -2.46. The highest BCUT2D eigenvalue weighted by Gasteiger charge is 2.34. The lowest BCUT2D eigenvalue weighted by molar-refractivity contribution is 0.0829. The van der Waals surface area contributed by atoms with E-state index < -0.39 is 0 Å². The van der Waals surface area contributed by atoms with Crippen molar-refractivity contribution >= 4 is 0 Å². The number of hydrogen-bond donors (Lipinski definition) is 1. The second kappa shape index (κ2) is 6.27. The molecule has 1 N–H and O–H groups in total. The number of nitrogens with one attached hydrogen (secondary N) is 1. The van der Waals surface area contributed by atoms with Crippen LogP contribution in [0.2, 0.25) is 0 Å². The largest absolute Gasteiger partial charge is 0.308 e. The number of rotatable bonds is 4. The topological polar surface area (TPSA) is 15.3 Å². The van der Waals surface area contributed by atoms with Crippen LogP contribution >= 0.6 is 0 Å². The summed E-state index contributed by atoms with van der Waals surface area (Å²) in [4.78, 5) is 2.59. The fourth-order valence-corrected chi connectivity index (χ4v) is 2.44. The zero-order valence-electron chi connectivity index (χ0n) is 11.3. The average Bonchev–Trinajstić information content (AvgIpc) is 2.32. The van der Waals surface area contributed by atoms with E-state index in [2.05, 4.69) is 42.8 Å². The lowest BCUT2D eigenvalue weighted by Crippen LogP contribution is -2.63. The van der Waals surface area contributed by atoms with E-state index in [4.69, 9.17) is 0 Å². The molecule has 0 aromatic carbocycles. The summed E-state index contributed by atoms with van der Waals surface area (Å²) < 4.78 is 0. The van der Waals surface area contributed by atoms with E-state index in [0.717, 1.165) is 19.5 Å². The maximum Gasteiger partial charge on any atom is 0.0304 e. The molecule has 2 heteroatoms. The molecule has 0 amide bonds. The summed E-state index contributed by atoms with van der Waals surface area (Å²) in [5.41, 5.74) is 0.339. The van der Waals surface area contributed by atoms with Gasteiger partial charge in [-0.15, -0.1) is 11.8 Å². The Morgan fingerprint density at radius 3 is 2.62 bits per heavy atom. The van der Waals surface area contributed by atoms with Crippen LogP contribution < -0.4 is 5.32 Å². The molecule has 1 aliphatic rings. The van der Waals surface area contributed by atoms with Gasteiger partial charge in [0.1, 0.15) is 0 Å². The highest BCUT2D eigenvalue weighted by atomic mass is 15.2. The molecule has 1 fully saturated rings. The minimum absolute atomic E-state index is 0.339. The van der Waals surface area contributed by atoms with Crippen molar-refractivity contribution in [3.05, 3.63) is 0 Å². The molecule has 0 bridgehead atoms. The molecule has 92 valence electrons. The Bertz CT molecular complexity index is 258. The summed E-state index contributed by atoms with van der Waals surface area (Å²) in [6.07, 6.45) is 3.43. The third kappa shape index (κ3) is 3.23. The molecule has 1 aliphatic heterocycles. The SMILES string of the molecule is CC#CCCN1CC(CC)(CC)NCC1C. The van der Waals surface area contributed by atoms with Crippen LogP contribution in [0.25, 0.3) is 0 Å². The van der Waals surface area contributed by atoms with Gasteiger partial charge in [0.2, 0.25) is 0 Å². The summed E-state index contributed by atoms with van der Waals surface area (Å²) in [7, 11) is 0. The van der Waals surface area contributed by atoms with Crippen LogP contribution in [0.1, 0.15) is 47.0 Å². The molecular formula is C14H26N2. The zero-order valence-corrected chi connectivity index (χ0v) is 11.3. The molecule has 0 aliphatic carbocycles. The van der Waals surface area contributed by atoms with Gasteiger partial charge in [-0.2, -0.15) is 0 Å². The van der Waals surface area contributed by atoms with Crippen LogP contribution in [-0.2, 0) is 0 Å². The first-order valence-corrected chi connectivity index (χ1v) is 6.56. The van der Waals surface area contributed by atoms with E-state index in [0.29, 0.717) is 11.6 Å². The predicted molar refractivity (Wildman–Crippen MR) is 70.4 cm³/mol. The summed E-state index contributed by atoms with van der Waals surface area (Å²) in [5, 5.41) is 3.72. The fraction of sp³-hybridized carbons (Fsp3) is 0.857. The van der Waals surface area contributed by atoms with Crippen molar-refractivity contribution in [1.29, 1.82) is 0 Å². The van der Waals surface area contributed by atoms with Gasteiger partial charge in [0.25, 0.3) is 0 Å². The molecule has 1 saturated heterocycles. The van der Waals surface area contributed by atoms with Gasteiger partial charge < -0.3 is 5.32 Å². The fourth-order valence-electron chi connectivity index (χ4n) is 2.44. The van der Waals surface area contributed by atoms with Gasteiger partial charge in [-0.3, -0.25) is 4.90 Å². The predicted octanol–water partition coefficient (Wildman–Crippen LogP) is 2.25. The first-order chi connectivity index (χ1) is 7.67. The van der Waals surface area contributed by atoms with Crippen molar-refractivity contribution in [3.63, 3.8) is 0 Å². The van der Waals surface area contributed by atoms with Gasteiger partial charge in [0, 0.05) is 37.6 Å². The maximum atomic E-state index is 3.72. The lowest BCUT2D eigenvalue weighted by atomic mass is 9.88. The van der Waals surface area contributed by atoms with E-state index in [-0.39, 0.29) is 0 Å². The molecule has 0 saturated carbocycles. The molecule has 0 aromatic heterocycles. The van der Waals surface area contributed by atoms with E-state index in [1.807, 2.05) is 6.92 Å². The molecule has 0 spiro atoms. The summed E-state index contributed by atoms with van der Waals surface area (Å²) >= 11 is 0. The van der Waals surface area contributed by atoms with Crippen LogP contribution in [0, 0.1) is 11.8 Å². The van der Waals surface area contributed by atoms with Gasteiger partial charge in [-0.1, -0.05) is 13.8 Å². The van der Waals surface area contributed by atoms with Crippen molar-refractivity contribution in [3.8, 4) is 11.8 Å². The Balaban J connectivity index is 2.56. The van der Waals surface area contributed by atoms with Gasteiger partial charge in [0.05, 0.1) is 0 Å². The van der Waals surface area contributed by atoms with Gasteiger partial charge in [-0.25, -0.2) is 0 Å². The maximum absolute atomic E-state index is 3.72. The number of hydrogen-bond acceptors (Lipinski definition) is 2.